The van der Waals surface area contributed by atoms with Crippen LogP contribution < -0.4 is 0 Å². The SMILES string of the molecule is c1ccc(-c2cc(-c3ccc4c(c3)c3cnccc3n4-c3ccccc3)nc(-c3ccc4c(-c5ccccc5)c5ccccc5c(-c5ccccc5)c4c3)n2)cc1. The molecule has 0 saturated heterocycles. The zero-order valence-electron chi connectivity index (χ0n) is 30.9. The second kappa shape index (κ2) is 13.6. The maximum Gasteiger partial charge on any atom is 0.160 e. The molecule has 0 radical (unpaired) electrons. The molecule has 8 aromatic carbocycles. The summed E-state index contributed by atoms with van der Waals surface area (Å²) in [4.78, 5) is 15.2. The number of rotatable bonds is 6. The van der Waals surface area contributed by atoms with Gasteiger partial charge in [0.05, 0.1) is 22.4 Å². The van der Waals surface area contributed by atoms with Gasteiger partial charge in [0, 0.05) is 45.5 Å². The quantitative estimate of drug-likeness (QED) is 0.160. The average Bonchev–Trinajstić information content (AvgIpc) is 3.62. The van der Waals surface area contributed by atoms with Gasteiger partial charge in [0.25, 0.3) is 0 Å². The molecule has 0 spiro atoms. The summed E-state index contributed by atoms with van der Waals surface area (Å²) in [6.07, 6.45) is 3.83. The van der Waals surface area contributed by atoms with Gasteiger partial charge in [0.1, 0.15) is 0 Å². The lowest BCUT2D eigenvalue weighted by Gasteiger charge is -2.18. The predicted octanol–water partition coefficient (Wildman–Crippen LogP) is 13.6. The first-order valence-electron chi connectivity index (χ1n) is 19.3. The zero-order valence-corrected chi connectivity index (χ0v) is 30.9. The van der Waals surface area contributed by atoms with Crippen LogP contribution in [0, 0.1) is 0 Å². The Labute approximate surface area is 330 Å². The van der Waals surface area contributed by atoms with Crippen LogP contribution >= 0.6 is 0 Å². The summed E-state index contributed by atoms with van der Waals surface area (Å²) in [5.41, 5.74) is 12.9. The second-order valence-corrected chi connectivity index (χ2v) is 14.4. The fourth-order valence-corrected chi connectivity index (χ4v) is 8.51. The van der Waals surface area contributed by atoms with Gasteiger partial charge in [-0.2, -0.15) is 0 Å². The van der Waals surface area contributed by atoms with Crippen LogP contribution in [0.5, 0.6) is 0 Å². The number of para-hydroxylation sites is 1. The maximum absolute atomic E-state index is 5.37. The van der Waals surface area contributed by atoms with E-state index < -0.39 is 0 Å². The van der Waals surface area contributed by atoms with Crippen molar-refractivity contribution in [1.82, 2.24) is 19.5 Å². The first kappa shape index (κ1) is 32.7. The van der Waals surface area contributed by atoms with Gasteiger partial charge in [-0.1, -0.05) is 152 Å². The molecule has 0 aliphatic carbocycles. The molecule has 0 atom stereocenters. The van der Waals surface area contributed by atoms with E-state index in [0.29, 0.717) is 5.82 Å². The Hall–Kier alpha value is -7.69. The van der Waals surface area contributed by atoms with Crippen molar-refractivity contribution < 1.29 is 0 Å². The molecule has 3 aromatic heterocycles. The van der Waals surface area contributed by atoms with Crippen LogP contribution in [0.4, 0.5) is 0 Å². The van der Waals surface area contributed by atoms with Gasteiger partial charge in [-0.25, -0.2) is 9.97 Å². The Balaban J connectivity index is 1.16. The van der Waals surface area contributed by atoms with Gasteiger partial charge in [-0.3, -0.25) is 4.98 Å². The van der Waals surface area contributed by atoms with E-state index in [2.05, 4.69) is 198 Å². The molecule has 3 heterocycles. The molecule has 4 heteroatoms. The van der Waals surface area contributed by atoms with Crippen LogP contribution in [0.3, 0.4) is 0 Å². The lowest BCUT2D eigenvalue weighted by atomic mass is 9.85. The lowest BCUT2D eigenvalue weighted by molar-refractivity contribution is 1.17. The molecule has 0 fully saturated rings. The molecule has 0 amide bonds. The van der Waals surface area contributed by atoms with Crippen LogP contribution in [0.2, 0.25) is 0 Å². The van der Waals surface area contributed by atoms with E-state index in [1.165, 1.54) is 38.4 Å². The fraction of sp³-hybridized carbons (Fsp3) is 0. The Bertz CT molecular complexity index is 3260. The predicted molar refractivity (Wildman–Crippen MR) is 236 cm³/mol. The lowest BCUT2D eigenvalue weighted by Crippen LogP contribution is -1.97. The summed E-state index contributed by atoms with van der Waals surface area (Å²) < 4.78 is 2.31. The van der Waals surface area contributed by atoms with Crippen LogP contribution in [0.1, 0.15) is 0 Å². The Morgan fingerprint density at radius 2 is 0.842 bits per heavy atom. The van der Waals surface area contributed by atoms with Crippen molar-refractivity contribution in [3.63, 3.8) is 0 Å². The second-order valence-electron chi connectivity index (χ2n) is 14.4. The summed E-state index contributed by atoms with van der Waals surface area (Å²) in [6, 6.07) is 68.8. The standard InChI is InChI=1S/C53H34N4/c1-5-15-35(16-6-1)47-33-48(38-26-28-49-44(31-38)46-34-54-30-29-50(46)57(49)40-21-11-4-12-22-40)56-53(55-47)39-25-27-43-45(32-39)52(37-19-9-3-10-20-37)42-24-14-13-23-41(42)51(43)36-17-7-2-8-18-36/h1-34H. The Morgan fingerprint density at radius 3 is 1.51 bits per heavy atom. The maximum atomic E-state index is 5.37. The van der Waals surface area contributed by atoms with E-state index in [0.717, 1.165) is 61.0 Å². The van der Waals surface area contributed by atoms with Crippen LogP contribution in [-0.4, -0.2) is 19.5 Å². The van der Waals surface area contributed by atoms with E-state index in [9.17, 15) is 0 Å². The number of fused-ring (bicyclic) bond motifs is 5. The number of benzene rings is 8. The third kappa shape index (κ3) is 5.58. The summed E-state index contributed by atoms with van der Waals surface area (Å²) in [5, 5.41) is 7.01. The van der Waals surface area contributed by atoms with Gasteiger partial charge in [-0.05, 0) is 86.3 Å². The number of aromatic nitrogens is 4. The molecule has 0 saturated carbocycles. The van der Waals surface area contributed by atoms with Gasteiger partial charge >= 0.3 is 0 Å². The first-order valence-corrected chi connectivity index (χ1v) is 19.3. The fourth-order valence-electron chi connectivity index (χ4n) is 8.51. The van der Waals surface area contributed by atoms with Gasteiger partial charge < -0.3 is 4.57 Å². The molecule has 0 N–H and O–H groups in total. The van der Waals surface area contributed by atoms with Crippen molar-refractivity contribution in [3.8, 4) is 61.8 Å². The molecule has 0 unspecified atom stereocenters. The highest BCUT2D eigenvalue weighted by molar-refractivity contribution is 6.22. The van der Waals surface area contributed by atoms with E-state index in [4.69, 9.17) is 9.97 Å². The largest absolute Gasteiger partial charge is 0.309 e. The number of nitrogens with zero attached hydrogens (tertiary/aromatic N) is 4. The number of pyridine rings is 1. The minimum atomic E-state index is 0.676. The molecule has 0 aliphatic rings. The average molecular weight is 727 g/mol. The van der Waals surface area contributed by atoms with Crippen molar-refractivity contribution in [1.29, 1.82) is 0 Å². The number of hydrogen-bond donors (Lipinski definition) is 0. The molecule has 4 nitrogen and oxygen atoms in total. The highest BCUT2D eigenvalue weighted by atomic mass is 15.0. The van der Waals surface area contributed by atoms with Gasteiger partial charge in [0.2, 0.25) is 0 Å². The van der Waals surface area contributed by atoms with Crippen LogP contribution in [-0.2, 0) is 0 Å². The van der Waals surface area contributed by atoms with E-state index in [-0.39, 0.29) is 0 Å². The van der Waals surface area contributed by atoms with Crippen molar-refractivity contribution in [2.75, 3.05) is 0 Å². The van der Waals surface area contributed by atoms with Crippen molar-refractivity contribution in [2.45, 2.75) is 0 Å². The molecule has 57 heavy (non-hydrogen) atoms. The first-order chi connectivity index (χ1) is 28.3. The third-order valence-corrected chi connectivity index (χ3v) is 11.1. The van der Waals surface area contributed by atoms with Crippen LogP contribution in [0.25, 0.3) is 105 Å². The summed E-state index contributed by atoms with van der Waals surface area (Å²) in [6.45, 7) is 0. The molecular formula is C53H34N4. The highest BCUT2D eigenvalue weighted by Crippen LogP contribution is 2.45. The summed E-state index contributed by atoms with van der Waals surface area (Å²) in [5.74, 6) is 0.676. The van der Waals surface area contributed by atoms with E-state index >= 15 is 0 Å². The molecule has 266 valence electrons. The normalized spacial score (nSPS) is 11.5. The highest BCUT2D eigenvalue weighted by Gasteiger charge is 2.20. The van der Waals surface area contributed by atoms with E-state index in [1.54, 1.807) is 0 Å². The number of hydrogen-bond acceptors (Lipinski definition) is 3. The zero-order chi connectivity index (χ0) is 37.7. The van der Waals surface area contributed by atoms with Gasteiger partial charge in [0.15, 0.2) is 5.82 Å². The molecule has 11 rings (SSSR count). The molecule has 0 aliphatic heterocycles. The summed E-state index contributed by atoms with van der Waals surface area (Å²) >= 11 is 0. The topological polar surface area (TPSA) is 43.6 Å². The van der Waals surface area contributed by atoms with Crippen molar-refractivity contribution in [2.24, 2.45) is 0 Å². The summed E-state index contributed by atoms with van der Waals surface area (Å²) in [7, 11) is 0. The molecular weight excluding hydrogens is 693 g/mol. The van der Waals surface area contributed by atoms with Crippen molar-refractivity contribution in [3.05, 3.63) is 207 Å². The van der Waals surface area contributed by atoms with Crippen molar-refractivity contribution >= 4 is 43.4 Å². The van der Waals surface area contributed by atoms with Crippen LogP contribution in [0.15, 0.2) is 207 Å². The monoisotopic (exact) mass is 726 g/mol. The molecule has 0 bridgehead atoms. The smallest absolute Gasteiger partial charge is 0.160 e. The molecule has 11 aromatic rings. The Morgan fingerprint density at radius 1 is 0.333 bits per heavy atom. The van der Waals surface area contributed by atoms with Gasteiger partial charge in [-0.15, -0.1) is 0 Å². The minimum Gasteiger partial charge on any atom is -0.309 e. The minimum absolute atomic E-state index is 0.676. The Kier molecular flexibility index (Phi) is 7.78. The third-order valence-electron chi connectivity index (χ3n) is 11.1. The van der Waals surface area contributed by atoms with E-state index in [1.807, 2.05) is 18.5 Å².